The number of hydrogen-bond acceptors (Lipinski definition) is 7. The molecule has 10 heteroatoms. The number of sulfonamides is 1. The van der Waals surface area contributed by atoms with Gasteiger partial charge in [0, 0.05) is 36.3 Å². The molecule has 0 fully saturated rings. The Morgan fingerprint density at radius 1 is 1.00 bits per heavy atom. The van der Waals surface area contributed by atoms with E-state index in [0.29, 0.717) is 22.4 Å². The lowest BCUT2D eigenvalue weighted by Crippen LogP contribution is -2.37. The third-order valence-corrected chi connectivity index (χ3v) is 5.91. The highest BCUT2D eigenvalue weighted by molar-refractivity contribution is 7.89. The number of nitrogens with zero attached hydrogens (tertiary/aromatic N) is 2. The molecule has 0 saturated heterocycles. The number of nitrogens with one attached hydrogen (secondary N) is 2. The van der Waals surface area contributed by atoms with Gasteiger partial charge in [-0.1, -0.05) is 30.3 Å². The molecule has 2 aromatic carbocycles. The second-order valence-corrected chi connectivity index (χ2v) is 8.67. The number of rotatable bonds is 6. The summed E-state index contributed by atoms with van der Waals surface area (Å²) in [5, 5.41) is 10.5. The molecule has 1 aromatic heterocycles. The Morgan fingerprint density at radius 3 is 2.58 bits per heavy atom. The number of hydrogen-bond donors (Lipinski definition) is 3. The Hall–Kier alpha value is -4.15. The van der Waals surface area contributed by atoms with Crippen molar-refractivity contribution in [2.24, 2.45) is 5.14 Å². The SMILES string of the molecule is NS(=O)(=O)c1ccccc1CN/C=C1\C(=O)NC(=O)c2ccc(/C=C/c3cnccn3)cc21. The van der Waals surface area contributed by atoms with Crippen LogP contribution in [0.15, 0.2) is 72.2 Å². The first kappa shape index (κ1) is 22.1. The van der Waals surface area contributed by atoms with E-state index in [-0.39, 0.29) is 17.0 Å². The van der Waals surface area contributed by atoms with E-state index >= 15 is 0 Å². The summed E-state index contributed by atoms with van der Waals surface area (Å²) in [7, 11) is -3.89. The first-order chi connectivity index (χ1) is 15.8. The smallest absolute Gasteiger partial charge is 0.260 e. The maximum atomic E-state index is 12.5. The van der Waals surface area contributed by atoms with Crippen LogP contribution in [0.1, 0.15) is 32.7 Å². The molecule has 0 radical (unpaired) electrons. The van der Waals surface area contributed by atoms with Crippen LogP contribution in [-0.2, 0) is 21.4 Å². The average molecular weight is 462 g/mol. The summed E-state index contributed by atoms with van der Waals surface area (Å²) in [4.78, 5) is 33.0. The van der Waals surface area contributed by atoms with Crippen LogP contribution >= 0.6 is 0 Å². The van der Waals surface area contributed by atoms with E-state index in [9.17, 15) is 18.0 Å². The maximum Gasteiger partial charge on any atom is 0.260 e. The third kappa shape index (κ3) is 5.03. The molecule has 2 amide bonds. The van der Waals surface area contributed by atoms with Crippen molar-refractivity contribution in [3.05, 3.63) is 95.2 Å². The largest absolute Gasteiger partial charge is 0.386 e. The van der Waals surface area contributed by atoms with Crippen LogP contribution in [-0.4, -0.2) is 30.2 Å². The van der Waals surface area contributed by atoms with Crippen LogP contribution < -0.4 is 15.8 Å². The fourth-order valence-electron chi connectivity index (χ4n) is 3.36. The van der Waals surface area contributed by atoms with Gasteiger partial charge in [-0.2, -0.15) is 0 Å². The topological polar surface area (TPSA) is 144 Å². The molecule has 0 unspecified atom stereocenters. The monoisotopic (exact) mass is 461 g/mol. The molecule has 1 aliphatic rings. The van der Waals surface area contributed by atoms with Gasteiger partial charge in [0.05, 0.1) is 22.4 Å². The van der Waals surface area contributed by atoms with Gasteiger partial charge in [-0.3, -0.25) is 24.9 Å². The molecule has 2 heterocycles. The molecular weight excluding hydrogens is 442 g/mol. The van der Waals surface area contributed by atoms with Crippen LogP contribution in [0, 0.1) is 0 Å². The number of benzene rings is 2. The van der Waals surface area contributed by atoms with Crippen molar-refractivity contribution in [3.63, 3.8) is 0 Å². The van der Waals surface area contributed by atoms with Gasteiger partial charge in [-0.05, 0) is 35.4 Å². The van der Waals surface area contributed by atoms with E-state index in [1.165, 1.54) is 12.3 Å². The molecular formula is C23H19N5O4S. The van der Waals surface area contributed by atoms with E-state index < -0.39 is 21.8 Å². The number of carbonyl (C=O) groups excluding carboxylic acids is 2. The molecule has 3 aromatic rings. The second kappa shape index (κ2) is 9.15. The van der Waals surface area contributed by atoms with E-state index in [2.05, 4.69) is 20.6 Å². The summed E-state index contributed by atoms with van der Waals surface area (Å²) in [6.07, 6.45) is 9.79. The second-order valence-electron chi connectivity index (χ2n) is 7.14. The fraction of sp³-hybridized carbons (Fsp3) is 0.0435. The van der Waals surface area contributed by atoms with Gasteiger partial charge in [0.15, 0.2) is 0 Å². The summed E-state index contributed by atoms with van der Waals surface area (Å²) in [5.74, 6) is -1.05. The molecule has 0 spiro atoms. The molecule has 166 valence electrons. The van der Waals surface area contributed by atoms with Crippen molar-refractivity contribution in [2.45, 2.75) is 11.4 Å². The Morgan fingerprint density at radius 2 is 1.82 bits per heavy atom. The van der Waals surface area contributed by atoms with E-state index in [1.54, 1.807) is 67.1 Å². The molecule has 0 saturated carbocycles. The van der Waals surface area contributed by atoms with E-state index in [0.717, 1.165) is 5.56 Å². The van der Waals surface area contributed by atoms with Gasteiger partial charge in [0.25, 0.3) is 11.8 Å². The Labute approximate surface area is 190 Å². The van der Waals surface area contributed by atoms with Crippen molar-refractivity contribution >= 4 is 39.6 Å². The number of amides is 2. The lowest BCUT2D eigenvalue weighted by atomic mass is 9.93. The van der Waals surface area contributed by atoms with Crippen LogP contribution in [0.3, 0.4) is 0 Å². The summed E-state index contributed by atoms with van der Waals surface area (Å²) in [5.41, 5.74) is 2.92. The standard InChI is InChI=1S/C23H19N5O4S/c24-33(31,32)21-4-2-1-3-16(21)12-26-14-20-19-11-15(5-7-17-13-25-9-10-27-17)6-8-18(19)22(29)28-23(20)30/h1-11,13-14,26H,12H2,(H2,24,31,32)(H,28,29,30)/b7-5+,20-14-. The van der Waals surface area contributed by atoms with E-state index in [1.807, 2.05) is 0 Å². The number of nitrogens with two attached hydrogens (primary N) is 1. The lowest BCUT2D eigenvalue weighted by molar-refractivity contribution is -0.114. The highest BCUT2D eigenvalue weighted by Crippen LogP contribution is 2.26. The highest BCUT2D eigenvalue weighted by Gasteiger charge is 2.27. The summed E-state index contributed by atoms with van der Waals surface area (Å²) < 4.78 is 23.6. The molecule has 0 aliphatic carbocycles. The summed E-state index contributed by atoms with van der Waals surface area (Å²) in [6, 6.07) is 11.4. The molecule has 9 nitrogen and oxygen atoms in total. The number of fused-ring (bicyclic) bond motifs is 1. The fourth-order valence-corrected chi connectivity index (χ4v) is 4.13. The van der Waals surface area contributed by atoms with Crippen LogP contribution in [0.4, 0.5) is 0 Å². The van der Waals surface area contributed by atoms with E-state index in [4.69, 9.17) is 5.14 Å². The number of primary sulfonamides is 1. The molecule has 1 aliphatic heterocycles. The predicted octanol–water partition coefficient (Wildman–Crippen LogP) is 1.70. The first-order valence-corrected chi connectivity index (χ1v) is 11.4. The van der Waals surface area contributed by atoms with Crippen LogP contribution in [0.2, 0.25) is 0 Å². The van der Waals surface area contributed by atoms with Crippen molar-refractivity contribution in [1.29, 1.82) is 0 Å². The van der Waals surface area contributed by atoms with Gasteiger partial charge >= 0.3 is 0 Å². The summed E-state index contributed by atoms with van der Waals surface area (Å²) in [6.45, 7) is 0.110. The minimum atomic E-state index is -3.89. The van der Waals surface area contributed by atoms with Gasteiger partial charge in [-0.25, -0.2) is 13.6 Å². The quantitative estimate of drug-likeness (QED) is 0.374. The zero-order valence-corrected chi connectivity index (χ0v) is 18.0. The van der Waals surface area contributed by atoms with Gasteiger partial charge in [-0.15, -0.1) is 0 Å². The van der Waals surface area contributed by atoms with Crippen molar-refractivity contribution in [1.82, 2.24) is 20.6 Å². The predicted molar refractivity (Wildman–Crippen MR) is 123 cm³/mol. The molecule has 4 rings (SSSR count). The number of carbonyl (C=O) groups is 2. The number of aromatic nitrogens is 2. The normalized spacial score (nSPS) is 14.9. The minimum Gasteiger partial charge on any atom is -0.386 e. The van der Waals surface area contributed by atoms with Crippen molar-refractivity contribution in [3.8, 4) is 0 Å². The molecule has 0 bridgehead atoms. The lowest BCUT2D eigenvalue weighted by Gasteiger charge is -2.19. The minimum absolute atomic E-state index is 0.00370. The van der Waals surface area contributed by atoms with Gasteiger partial charge in [0.2, 0.25) is 10.0 Å². The highest BCUT2D eigenvalue weighted by atomic mass is 32.2. The Kier molecular flexibility index (Phi) is 6.11. The van der Waals surface area contributed by atoms with Crippen molar-refractivity contribution < 1.29 is 18.0 Å². The first-order valence-electron chi connectivity index (χ1n) is 9.81. The Bertz CT molecular complexity index is 1400. The molecule has 4 N–H and O–H groups in total. The van der Waals surface area contributed by atoms with Gasteiger partial charge < -0.3 is 5.32 Å². The average Bonchev–Trinajstić information content (AvgIpc) is 2.80. The molecule has 33 heavy (non-hydrogen) atoms. The summed E-state index contributed by atoms with van der Waals surface area (Å²) >= 11 is 0. The molecule has 0 atom stereocenters. The van der Waals surface area contributed by atoms with Crippen LogP contribution in [0.25, 0.3) is 17.7 Å². The zero-order valence-electron chi connectivity index (χ0n) is 17.2. The van der Waals surface area contributed by atoms with Crippen molar-refractivity contribution in [2.75, 3.05) is 0 Å². The zero-order chi connectivity index (χ0) is 23.4. The third-order valence-electron chi connectivity index (χ3n) is 4.90. The van der Waals surface area contributed by atoms with Gasteiger partial charge in [0.1, 0.15) is 0 Å². The maximum absolute atomic E-state index is 12.5. The number of imide groups is 1. The Balaban J connectivity index is 1.63. The van der Waals surface area contributed by atoms with Crippen LogP contribution in [0.5, 0.6) is 0 Å².